The van der Waals surface area contributed by atoms with Crippen LogP contribution in [-0.4, -0.2) is 18.4 Å². The highest BCUT2D eigenvalue weighted by Gasteiger charge is 2.49. The molecule has 3 fully saturated rings. The van der Waals surface area contributed by atoms with Crippen LogP contribution in [0.15, 0.2) is 0 Å². The third-order valence-corrected chi connectivity index (χ3v) is 8.66. The van der Waals surface area contributed by atoms with E-state index < -0.39 is 0 Å². The molecule has 1 aliphatic heterocycles. The van der Waals surface area contributed by atoms with Gasteiger partial charge in [-0.2, -0.15) is 0 Å². The molecule has 0 amide bonds. The largest absolute Gasteiger partial charge is 0.324 e. The Labute approximate surface area is 173 Å². The standard InChI is InChI=1S/C25H44O3/c1-5-7-14-24(20(4)26)15-8-10-21(23(24)9-6-2)11-12-22-17-25(27-18-28-25)16-13-19(22)3/h19,21-23H,5-18H2,1-4H3. The number of carbonyl (C=O) groups excluding carboxylic acids is 1. The van der Waals surface area contributed by atoms with Crippen LogP contribution < -0.4 is 0 Å². The van der Waals surface area contributed by atoms with Crippen molar-refractivity contribution in [3.8, 4) is 0 Å². The molecule has 5 atom stereocenters. The molecule has 0 aromatic rings. The molecule has 5 unspecified atom stereocenters. The van der Waals surface area contributed by atoms with Gasteiger partial charge in [0.25, 0.3) is 0 Å². The van der Waals surface area contributed by atoms with Gasteiger partial charge in [-0.3, -0.25) is 4.79 Å². The second kappa shape index (κ2) is 9.60. The summed E-state index contributed by atoms with van der Waals surface area (Å²) < 4.78 is 11.7. The van der Waals surface area contributed by atoms with E-state index in [1.807, 2.05) is 6.92 Å². The topological polar surface area (TPSA) is 35.5 Å². The number of hydrogen-bond acceptors (Lipinski definition) is 3. The Hall–Kier alpha value is -0.410. The quantitative estimate of drug-likeness (QED) is 0.429. The maximum absolute atomic E-state index is 12.9. The van der Waals surface area contributed by atoms with Crippen molar-refractivity contribution >= 4 is 5.78 Å². The number of rotatable bonds is 9. The van der Waals surface area contributed by atoms with E-state index >= 15 is 0 Å². The summed E-state index contributed by atoms with van der Waals surface area (Å²) >= 11 is 0. The first-order valence-electron chi connectivity index (χ1n) is 12.3. The smallest absolute Gasteiger partial charge is 0.174 e. The number of unbranched alkanes of at least 4 members (excludes halogenated alkanes) is 1. The van der Waals surface area contributed by atoms with Crippen molar-refractivity contribution in [3.63, 3.8) is 0 Å². The lowest BCUT2D eigenvalue weighted by molar-refractivity contribution is -0.413. The average molecular weight is 393 g/mol. The van der Waals surface area contributed by atoms with E-state index in [0.717, 1.165) is 37.5 Å². The van der Waals surface area contributed by atoms with Gasteiger partial charge in [0, 0.05) is 18.3 Å². The van der Waals surface area contributed by atoms with Crippen molar-refractivity contribution in [1.29, 1.82) is 0 Å². The fourth-order valence-electron chi connectivity index (χ4n) is 6.79. The Balaban J connectivity index is 1.67. The minimum Gasteiger partial charge on any atom is -0.324 e. The monoisotopic (exact) mass is 392 g/mol. The van der Waals surface area contributed by atoms with E-state index in [-0.39, 0.29) is 11.2 Å². The molecular formula is C25H44O3. The van der Waals surface area contributed by atoms with Gasteiger partial charge in [-0.1, -0.05) is 52.9 Å². The van der Waals surface area contributed by atoms with Crippen LogP contribution in [0.4, 0.5) is 0 Å². The Kier molecular flexibility index (Phi) is 7.64. The minimum absolute atomic E-state index is 0.0332. The van der Waals surface area contributed by atoms with Gasteiger partial charge < -0.3 is 9.47 Å². The normalized spacial score (nSPS) is 37.6. The molecule has 0 N–H and O–H groups in total. The molecule has 3 aliphatic rings. The summed E-state index contributed by atoms with van der Waals surface area (Å²) in [4.78, 5) is 12.9. The van der Waals surface area contributed by atoms with Crippen LogP contribution in [0.1, 0.15) is 111 Å². The van der Waals surface area contributed by atoms with Gasteiger partial charge >= 0.3 is 0 Å². The molecule has 28 heavy (non-hydrogen) atoms. The SMILES string of the molecule is CCCCC1(C(C)=O)CCCC(CCC2CC3(CCC2C)OCO3)C1CCC. The van der Waals surface area contributed by atoms with Crippen LogP contribution in [0.5, 0.6) is 0 Å². The van der Waals surface area contributed by atoms with Gasteiger partial charge in [-0.05, 0) is 69.1 Å². The summed E-state index contributed by atoms with van der Waals surface area (Å²) in [5.41, 5.74) is -0.0332. The van der Waals surface area contributed by atoms with Crippen molar-refractivity contribution < 1.29 is 14.3 Å². The molecule has 1 saturated heterocycles. The lowest BCUT2D eigenvalue weighted by Gasteiger charge is -2.50. The van der Waals surface area contributed by atoms with E-state index in [0.29, 0.717) is 24.4 Å². The lowest BCUT2D eigenvalue weighted by Crippen LogP contribution is -2.51. The predicted molar refractivity (Wildman–Crippen MR) is 114 cm³/mol. The van der Waals surface area contributed by atoms with Gasteiger partial charge in [-0.15, -0.1) is 0 Å². The van der Waals surface area contributed by atoms with Gasteiger partial charge in [0.2, 0.25) is 0 Å². The highest BCUT2D eigenvalue weighted by molar-refractivity contribution is 5.82. The third kappa shape index (κ3) is 4.51. The molecule has 1 spiro atoms. The predicted octanol–water partition coefficient (Wildman–Crippen LogP) is 6.89. The molecule has 1 heterocycles. The summed E-state index contributed by atoms with van der Waals surface area (Å²) in [6.07, 6.45) is 15.6. The van der Waals surface area contributed by atoms with Gasteiger partial charge in [0.05, 0.1) is 0 Å². The maximum atomic E-state index is 12.9. The molecule has 162 valence electrons. The fourth-order valence-corrected chi connectivity index (χ4v) is 6.79. The highest BCUT2D eigenvalue weighted by atomic mass is 16.9. The van der Waals surface area contributed by atoms with E-state index in [2.05, 4.69) is 20.8 Å². The van der Waals surface area contributed by atoms with E-state index in [9.17, 15) is 4.79 Å². The highest BCUT2D eigenvalue weighted by Crippen LogP contribution is 2.53. The summed E-state index contributed by atoms with van der Waals surface area (Å²) in [7, 11) is 0. The van der Waals surface area contributed by atoms with Crippen LogP contribution in [0.3, 0.4) is 0 Å². The summed E-state index contributed by atoms with van der Waals surface area (Å²) in [5, 5.41) is 0. The molecule has 3 nitrogen and oxygen atoms in total. The zero-order chi connectivity index (χ0) is 20.2. The van der Waals surface area contributed by atoms with Crippen molar-refractivity contribution in [3.05, 3.63) is 0 Å². The molecule has 0 aromatic carbocycles. The molecule has 0 aromatic heterocycles. The van der Waals surface area contributed by atoms with Crippen molar-refractivity contribution in [1.82, 2.24) is 0 Å². The van der Waals surface area contributed by atoms with Crippen molar-refractivity contribution in [2.45, 2.75) is 117 Å². The zero-order valence-corrected chi connectivity index (χ0v) is 18.9. The number of hydrogen-bond donors (Lipinski definition) is 0. The van der Waals surface area contributed by atoms with Crippen molar-refractivity contribution in [2.75, 3.05) is 6.79 Å². The first-order chi connectivity index (χ1) is 13.5. The van der Waals surface area contributed by atoms with Crippen LogP contribution >= 0.6 is 0 Å². The Bertz CT molecular complexity index is 512. The molecular weight excluding hydrogens is 348 g/mol. The van der Waals surface area contributed by atoms with Gasteiger partial charge in [-0.25, -0.2) is 0 Å². The van der Waals surface area contributed by atoms with E-state index in [1.165, 1.54) is 57.8 Å². The second-order valence-electron chi connectivity index (χ2n) is 10.2. The molecule has 2 saturated carbocycles. The Morgan fingerprint density at radius 1 is 1.00 bits per heavy atom. The lowest BCUT2D eigenvalue weighted by atomic mass is 9.55. The van der Waals surface area contributed by atoms with E-state index in [4.69, 9.17) is 9.47 Å². The van der Waals surface area contributed by atoms with Crippen molar-refractivity contribution in [2.24, 2.45) is 29.1 Å². The number of carbonyl (C=O) groups is 1. The Morgan fingerprint density at radius 2 is 1.75 bits per heavy atom. The molecule has 3 rings (SSSR count). The van der Waals surface area contributed by atoms with E-state index in [1.54, 1.807) is 0 Å². The zero-order valence-electron chi connectivity index (χ0n) is 18.9. The minimum atomic E-state index is -0.239. The first-order valence-corrected chi connectivity index (χ1v) is 12.3. The van der Waals surface area contributed by atoms with Crippen LogP contribution in [0, 0.1) is 29.1 Å². The number of ketones is 1. The first kappa shape index (κ1) is 22.3. The number of Topliss-reactive ketones (excluding diaryl/α,β-unsaturated/α-hetero) is 1. The summed E-state index contributed by atoms with van der Waals surface area (Å²) in [6, 6.07) is 0. The van der Waals surface area contributed by atoms with Crippen LogP contribution in [0.25, 0.3) is 0 Å². The van der Waals surface area contributed by atoms with Crippen LogP contribution in [0.2, 0.25) is 0 Å². The van der Waals surface area contributed by atoms with Crippen LogP contribution in [-0.2, 0) is 14.3 Å². The number of ether oxygens (including phenoxy) is 2. The summed E-state index contributed by atoms with van der Waals surface area (Å²) in [5.74, 6) is 3.04. The Morgan fingerprint density at radius 3 is 2.36 bits per heavy atom. The second-order valence-corrected chi connectivity index (χ2v) is 10.2. The molecule has 0 bridgehead atoms. The third-order valence-electron chi connectivity index (χ3n) is 8.66. The van der Waals surface area contributed by atoms with Gasteiger partial charge in [0.1, 0.15) is 5.78 Å². The maximum Gasteiger partial charge on any atom is 0.174 e. The molecule has 0 radical (unpaired) electrons. The fraction of sp³-hybridized carbons (Fsp3) is 0.960. The molecule has 3 heteroatoms. The average Bonchev–Trinajstić information content (AvgIpc) is 2.66. The summed E-state index contributed by atoms with van der Waals surface area (Å²) in [6.45, 7) is 9.35. The molecule has 2 aliphatic carbocycles. The van der Waals surface area contributed by atoms with Gasteiger partial charge in [0.15, 0.2) is 12.6 Å².